The molecule has 3 rings (SSSR count). The van der Waals surface area contributed by atoms with Crippen LogP contribution in [0.3, 0.4) is 0 Å². The number of benzene rings is 1. The van der Waals surface area contributed by atoms with Gasteiger partial charge in [0.2, 0.25) is 0 Å². The number of hydrogen-bond donors (Lipinski definition) is 1. The lowest BCUT2D eigenvalue weighted by Gasteiger charge is -2.37. The lowest BCUT2D eigenvalue weighted by Crippen LogP contribution is -2.50. The summed E-state index contributed by atoms with van der Waals surface area (Å²) < 4.78 is 0. The van der Waals surface area contributed by atoms with Crippen molar-refractivity contribution in [3.8, 4) is 0 Å². The van der Waals surface area contributed by atoms with Crippen LogP contribution in [0.4, 0.5) is 5.69 Å². The molecule has 0 aliphatic carbocycles. The molecule has 1 N–H and O–H groups in total. The number of carbonyl (C=O) groups is 2. The number of nitrogens with zero attached hydrogens (tertiary/aromatic N) is 2. The highest BCUT2D eigenvalue weighted by Crippen LogP contribution is 2.16. The molecule has 2 amide bonds. The summed E-state index contributed by atoms with van der Waals surface area (Å²) in [5.41, 5.74) is 1.35. The Balaban J connectivity index is 1.58. The Morgan fingerprint density at radius 1 is 1.04 bits per heavy atom. The Kier molecular flexibility index (Phi) is 5.50. The van der Waals surface area contributed by atoms with E-state index in [1.165, 1.54) is 11.3 Å². The van der Waals surface area contributed by atoms with E-state index in [0.29, 0.717) is 22.2 Å². The summed E-state index contributed by atoms with van der Waals surface area (Å²) in [5, 5.41) is 4.72. The third-order valence-corrected chi connectivity index (χ3v) is 5.34. The van der Waals surface area contributed by atoms with Gasteiger partial charge in [0.25, 0.3) is 11.8 Å². The van der Waals surface area contributed by atoms with Gasteiger partial charge in [0.05, 0.1) is 4.88 Å². The molecule has 1 aliphatic heterocycles. The van der Waals surface area contributed by atoms with E-state index in [1.54, 1.807) is 30.3 Å². The predicted octanol–water partition coefficient (Wildman–Crippen LogP) is 3.17. The van der Waals surface area contributed by atoms with Crippen molar-refractivity contribution in [3.05, 3.63) is 52.2 Å². The topological polar surface area (TPSA) is 52.6 Å². The Hall–Kier alpha value is -2.18. The molecule has 1 aromatic heterocycles. The standard InChI is InChI=1S/C19H23N3O2S/c1-14(2)21-9-11-22(12-10-21)19(24)15-5-7-16(8-6-15)20-18(23)17-4-3-13-25-17/h3-8,13-14H,9-12H2,1-2H3,(H,20,23). The summed E-state index contributed by atoms with van der Waals surface area (Å²) in [6.45, 7) is 7.71. The van der Waals surface area contributed by atoms with Crippen LogP contribution in [-0.2, 0) is 0 Å². The van der Waals surface area contributed by atoms with E-state index in [9.17, 15) is 9.59 Å². The summed E-state index contributed by atoms with van der Waals surface area (Å²) in [6, 6.07) is 11.3. The fourth-order valence-electron chi connectivity index (χ4n) is 2.92. The van der Waals surface area contributed by atoms with E-state index < -0.39 is 0 Å². The van der Waals surface area contributed by atoms with Crippen molar-refractivity contribution in [2.24, 2.45) is 0 Å². The average Bonchev–Trinajstić information content (AvgIpc) is 3.17. The minimum absolute atomic E-state index is 0.0551. The molecule has 1 aromatic carbocycles. The van der Waals surface area contributed by atoms with Gasteiger partial charge >= 0.3 is 0 Å². The van der Waals surface area contributed by atoms with Gasteiger partial charge in [-0.05, 0) is 49.6 Å². The summed E-state index contributed by atoms with van der Waals surface area (Å²) in [5.74, 6) is -0.0709. The molecule has 6 heteroatoms. The van der Waals surface area contributed by atoms with E-state index in [0.717, 1.165) is 26.2 Å². The van der Waals surface area contributed by atoms with Crippen molar-refractivity contribution in [1.82, 2.24) is 9.80 Å². The summed E-state index contributed by atoms with van der Waals surface area (Å²) >= 11 is 1.40. The Morgan fingerprint density at radius 2 is 1.72 bits per heavy atom. The predicted molar refractivity (Wildman–Crippen MR) is 101 cm³/mol. The summed E-state index contributed by atoms with van der Waals surface area (Å²) in [7, 11) is 0. The largest absolute Gasteiger partial charge is 0.336 e. The number of amides is 2. The van der Waals surface area contributed by atoms with E-state index in [4.69, 9.17) is 0 Å². The van der Waals surface area contributed by atoms with Gasteiger partial charge in [-0.1, -0.05) is 6.07 Å². The molecule has 0 bridgehead atoms. The van der Waals surface area contributed by atoms with Crippen molar-refractivity contribution in [3.63, 3.8) is 0 Å². The van der Waals surface area contributed by atoms with E-state index >= 15 is 0 Å². The fraction of sp³-hybridized carbons (Fsp3) is 0.368. The molecule has 1 saturated heterocycles. The number of nitrogens with one attached hydrogen (secondary N) is 1. The summed E-state index contributed by atoms with van der Waals surface area (Å²) in [6.07, 6.45) is 0. The number of hydrogen-bond acceptors (Lipinski definition) is 4. The first-order valence-corrected chi connectivity index (χ1v) is 9.41. The van der Waals surface area contributed by atoms with E-state index in [1.807, 2.05) is 16.3 Å². The number of carbonyl (C=O) groups excluding carboxylic acids is 2. The first kappa shape index (κ1) is 17.6. The summed E-state index contributed by atoms with van der Waals surface area (Å²) in [4.78, 5) is 29.6. The number of rotatable bonds is 4. The molecule has 0 saturated carbocycles. The van der Waals surface area contributed by atoms with Crippen molar-refractivity contribution in [2.75, 3.05) is 31.5 Å². The number of thiophene rings is 1. The molecule has 25 heavy (non-hydrogen) atoms. The van der Waals surface area contributed by atoms with Crippen LogP contribution in [0.5, 0.6) is 0 Å². The molecular weight excluding hydrogens is 334 g/mol. The first-order valence-electron chi connectivity index (χ1n) is 8.53. The molecule has 0 spiro atoms. The van der Waals surface area contributed by atoms with Crippen LogP contribution in [0.25, 0.3) is 0 Å². The van der Waals surface area contributed by atoms with Crippen LogP contribution in [-0.4, -0.2) is 53.8 Å². The smallest absolute Gasteiger partial charge is 0.265 e. The monoisotopic (exact) mass is 357 g/mol. The van der Waals surface area contributed by atoms with Gasteiger partial charge in [-0.15, -0.1) is 11.3 Å². The maximum atomic E-state index is 12.6. The SMILES string of the molecule is CC(C)N1CCN(C(=O)c2ccc(NC(=O)c3cccs3)cc2)CC1. The van der Waals surface area contributed by atoms with Crippen LogP contribution in [0.15, 0.2) is 41.8 Å². The second-order valence-electron chi connectivity index (χ2n) is 6.43. The second-order valence-corrected chi connectivity index (χ2v) is 7.38. The molecule has 2 heterocycles. The Bertz CT molecular complexity index is 718. The van der Waals surface area contributed by atoms with Gasteiger partial charge in [-0.3, -0.25) is 14.5 Å². The lowest BCUT2D eigenvalue weighted by molar-refractivity contribution is 0.0595. The Labute approximate surface area is 152 Å². The zero-order valence-corrected chi connectivity index (χ0v) is 15.4. The van der Waals surface area contributed by atoms with Gasteiger partial charge in [0, 0.05) is 43.5 Å². The molecule has 1 aliphatic rings. The fourth-order valence-corrected chi connectivity index (χ4v) is 3.54. The molecule has 5 nitrogen and oxygen atoms in total. The molecule has 0 radical (unpaired) electrons. The highest BCUT2D eigenvalue weighted by molar-refractivity contribution is 7.12. The van der Waals surface area contributed by atoms with Crippen molar-refractivity contribution < 1.29 is 9.59 Å². The van der Waals surface area contributed by atoms with Crippen LogP contribution < -0.4 is 5.32 Å². The lowest BCUT2D eigenvalue weighted by atomic mass is 10.1. The van der Waals surface area contributed by atoms with Crippen LogP contribution in [0.2, 0.25) is 0 Å². The maximum Gasteiger partial charge on any atom is 0.265 e. The maximum absolute atomic E-state index is 12.6. The highest BCUT2D eigenvalue weighted by atomic mass is 32.1. The van der Waals surface area contributed by atoms with Crippen molar-refractivity contribution in [2.45, 2.75) is 19.9 Å². The molecular formula is C19H23N3O2S. The van der Waals surface area contributed by atoms with Gasteiger partial charge in [-0.2, -0.15) is 0 Å². The van der Waals surface area contributed by atoms with Gasteiger partial charge in [0.1, 0.15) is 0 Å². The third-order valence-electron chi connectivity index (χ3n) is 4.47. The van der Waals surface area contributed by atoms with E-state index in [2.05, 4.69) is 24.1 Å². The second kappa shape index (κ2) is 7.80. The normalized spacial score (nSPS) is 15.4. The minimum atomic E-state index is -0.126. The number of piperazine rings is 1. The molecule has 132 valence electrons. The van der Waals surface area contributed by atoms with Crippen LogP contribution in [0.1, 0.15) is 33.9 Å². The van der Waals surface area contributed by atoms with Gasteiger partial charge < -0.3 is 10.2 Å². The average molecular weight is 357 g/mol. The van der Waals surface area contributed by atoms with Crippen molar-refractivity contribution >= 4 is 28.8 Å². The molecule has 0 unspecified atom stereocenters. The van der Waals surface area contributed by atoms with E-state index in [-0.39, 0.29) is 11.8 Å². The minimum Gasteiger partial charge on any atom is -0.336 e. The van der Waals surface area contributed by atoms with Gasteiger partial charge in [0.15, 0.2) is 0 Å². The highest BCUT2D eigenvalue weighted by Gasteiger charge is 2.23. The van der Waals surface area contributed by atoms with Crippen LogP contribution in [0, 0.1) is 0 Å². The quantitative estimate of drug-likeness (QED) is 0.914. The zero-order valence-electron chi connectivity index (χ0n) is 14.6. The third kappa shape index (κ3) is 4.27. The Morgan fingerprint density at radius 3 is 2.28 bits per heavy atom. The molecule has 2 aromatic rings. The number of anilines is 1. The van der Waals surface area contributed by atoms with Crippen LogP contribution >= 0.6 is 11.3 Å². The van der Waals surface area contributed by atoms with Crippen molar-refractivity contribution in [1.29, 1.82) is 0 Å². The first-order chi connectivity index (χ1) is 12.0. The zero-order chi connectivity index (χ0) is 17.8. The molecule has 0 atom stereocenters. The molecule has 1 fully saturated rings. The van der Waals surface area contributed by atoms with Gasteiger partial charge in [-0.25, -0.2) is 0 Å².